The topological polar surface area (TPSA) is 81.4 Å². The molecule has 58 valence electrons. The molecule has 0 amide bonds. The van der Waals surface area contributed by atoms with E-state index in [-0.39, 0.29) is 5.57 Å². The van der Waals surface area contributed by atoms with E-state index in [1.807, 2.05) is 0 Å². The fraction of sp³-hybridized carbons (Fsp3) is 0.333. The molecule has 0 rings (SSSR count). The van der Waals surface area contributed by atoms with E-state index < -0.39 is 11.7 Å². The molecule has 0 aromatic rings. The second-order valence-electron chi connectivity index (χ2n) is 1.46. The molecule has 4 heteroatoms. The number of hydrogen-bond acceptors (Lipinski definition) is 3. The lowest BCUT2D eigenvalue weighted by Gasteiger charge is -1.90. The minimum Gasteiger partial charge on any atom is -0.477 e. The number of aliphatic hydroxyl groups excluding tert-OH is 1. The van der Waals surface area contributed by atoms with Crippen LogP contribution in [0.5, 0.6) is 0 Å². The van der Waals surface area contributed by atoms with Crippen molar-refractivity contribution in [1.82, 2.24) is 0 Å². The maximum atomic E-state index is 9.86. The summed E-state index contributed by atoms with van der Waals surface area (Å²) in [7, 11) is 1.00. The second kappa shape index (κ2) is 5.97. The smallest absolute Gasteiger partial charge is 0.354 e. The van der Waals surface area contributed by atoms with E-state index in [1.165, 1.54) is 6.92 Å². The van der Waals surface area contributed by atoms with E-state index in [2.05, 4.69) is 6.58 Å². The minimum atomic E-state index is -1.22. The molecule has 0 aliphatic rings. The number of carboxylic acids is 1. The van der Waals surface area contributed by atoms with Gasteiger partial charge in [0.05, 0.1) is 0 Å². The summed E-state index contributed by atoms with van der Waals surface area (Å²) in [5.74, 6) is -1.22. The zero-order valence-electron chi connectivity index (χ0n) is 6.01. The van der Waals surface area contributed by atoms with Crippen molar-refractivity contribution in [3.05, 3.63) is 12.2 Å². The molecule has 0 aliphatic carbocycles. The van der Waals surface area contributed by atoms with Crippen molar-refractivity contribution in [1.29, 1.82) is 5.41 Å². The number of carboxylic acid groups (broad SMARTS) is 1. The first-order chi connectivity index (χ1) is 4.55. The fourth-order valence-corrected chi connectivity index (χ4v) is 0.183. The van der Waals surface area contributed by atoms with Crippen LogP contribution >= 0.6 is 0 Å². The van der Waals surface area contributed by atoms with Crippen LogP contribution in [0.1, 0.15) is 6.92 Å². The van der Waals surface area contributed by atoms with Crippen LogP contribution in [0, 0.1) is 5.41 Å². The molecule has 0 saturated carbocycles. The third-order valence-corrected chi connectivity index (χ3v) is 0.641. The van der Waals surface area contributed by atoms with E-state index in [4.69, 9.17) is 15.6 Å². The van der Waals surface area contributed by atoms with Crippen LogP contribution in [0.15, 0.2) is 12.2 Å². The van der Waals surface area contributed by atoms with Crippen LogP contribution in [0.3, 0.4) is 0 Å². The Bertz CT molecular complexity index is 135. The molecule has 10 heavy (non-hydrogen) atoms. The van der Waals surface area contributed by atoms with Crippen LogP contribution in [-0.2, 0) is 4.79 Å². The Kier molecular flexibility index (Phi) is 6.93. The number of rotatable bonds is 2. The number of aliphatic hydroxyl groups is 1. The summed E-state index contributed by atoms with van der Waals surface area (Å²) in [6.07, 6.45) is 0. The summed E-state index contributed by atoms with van der Waals surface area (Å²) in [4.78, 5) is 9.86. The molecule has 0 radical (unpaired) electrons. The van der Waals surface area contributed by atoms with E-state index in [9.17, 15) is 4.79 Å². The van der Waals surface area contributed by atoms with Gasteiger partial charge in [-0.1, -0.05) is 6.58 Å². The summed E-state index contributed by atoms with van der Waals surface area (Å²) in [6, 6.07) is 0. The quantitative estimate of drug-likeness (QED) is 0.488. The summed E-state index contributed by atoms with van der Waals surface area (Å²) in [5, 5.41) is 21.8. The van der Waals surface area contributed by atoms with E-state index in [0.717, 1.165) is 7.11 Å². The van der Waals surface area contributed by atoms with Gasteiger partial charge in [0.15, 0.2) is 0 Å². The Morgan fingerprint density at radius 1 is 1.50 bits per heavy atom. The summed E-state index contributed by atoms with van der Waals surface area (Å²) in [5.41, 5.74) is -0.150. The third kappa shape index (κ3) is 4.99. The lowest BCUT2D eigenvalue weighted by molar-refractivity contribution is -0.129. The highest BCUT2D eigenvalue weighted by molar-refractivity contribution is 6.40. The van der Waals surface area contributed by atoms with Crippen molar-refractivity contribution in [2.24, 2.45) is 0 Å². The molecule has 0 unspecified atom stereocenters. The van der Waals surface area contributed by atoms with Crippen molar-refractivity contribution in [3.8, 4) is 0 Å². The molecule has 0 heterocycles. The molecule has 0 bridgehead atoms. The Labute approximate surface area is 59.3 Å². The lowest BCUT2D eigenvalue weighted by Crippen LogP contribution is -2.11. The maximum absolute atomic E-state index is 9.86. The molecule has 0 saturated heterocycles. The van der Waals surface area contributed by atoms with Crippen LogP contribution in [0.25, 0.3) is 0 Å². The number of nitrogens with one attached hydrogen (secondary N) is 1. The van der Waals surface area contributed by atoms with Gasteiger partial charge in [-0.15, -0.1) is 0 Å². The van der Waals surface area contributed by atoms with Crippen LogP contribution in [0.2, 0.25) is 0 Å². The summed E-state index contributed by atoms with van der Waals surface area (Å²) in [6.45, 7) is 4.75. The Balaban J connectivity index is 0. The van der Waals surface area contributed by atoms with Gasteiger partial charge in [-0.25, -0.2) is 4.79 Å². The largest absolute Gasteiger partial charge is 0.477 e. The molecule has 0 fully saturated rings. The first kappa shape index (κ1) is 11.6. The van der Waals surface area contributed by atoms with Crippen LogP contribution < -0.4 is 0 Å². The number of aliphatic carboxylic acids is 1. The van der Waals surface area contributed by atoms with Gasteiger partial charge in [0.25, 0.3) is 0 Å². The van der Waals surface area contributed by atoms with Crippen molar-refractivity contribution >= 4 is 11.7 Å². The molecule has 0 atom stereocenters. The molecule has 3 N–H and O–H groups in total. The third-order valence-electron chi connectivity index (χ3n) is 0.641. The van der Waals surface area contributed by atoms with Crippen molar-refractivity contribution < 1.29 is 15.0 Å². The molecule has 0 aromatic carbocycles. The first-order valence-corrected chi connectivity index (χ1v) is 2.48. The minimum absolute atomic E-state index is 0.275. The normalized spacial score (nSPS) is 7.10. The predicted octanol–water partition coefficient (Wildman–Crippen LogP) is 0.275. The Morgan fingerprint density at radius 3 is 1.80 bits per heavy atom. The molecular formula is C6H11NO3. The Morgan fingerprint density at radius 2 is 1.80 bits per heavy atom. The van der Waals surface area contributed by atoms with Gasteiger partial charge in [0.1, 0.15) is 5.71 Å². The number of carbonyl (C=O) groups is 1. The molecule has 0 aliphatic heterocycles. The predicted molar refractivity (Wildman–Crippen MR) is 38.3 cm³/mol. The van der Waals surface area contributed by atoms with Crippen molar-refractivity contribution in [3.63, 3.8) is 0 Å². The zero-order valence-corrected chi connectivity index (χ0v) is 6.01. The van der Waals surface area contributed by atoms with Gasteiger partial charge in [-0.2, -0.15) is 0 Å². The summed E-state index contributed by atoms with van der Waals surface area (Å²) < 4.78 is 0. The molecule has 4 nitrogen and oxygen atoms in total. The maximum Gasteiger partial charge on any atom is 0.354 e. The first-order valence-electron chi connectivity index (χ1n) is 2.48. The van der Waals surface area contributed by atoms with Gasteiger partial charge in [0, 0.05) is 7.11 Å². The van der Waals surface area contributed by atoms with Gasteiger partial charge in [-0.3, -0.25) is 5.41 Å². The van der Waals surface area contributed by atoms with Gasteiger partial charge in [-0.05, 0) is 12.5 Å². The van der Waals surface area contributed by atoms with Crippen molar-refractivity contribution in [2.45, 2.75) is 6.92 Å². The highest BCUT2D eigenvalue weighted by Gasteiger charge is 2.04. The van der Waals surface area contributed by atoms with Crippen molar-refractivity contribution in [2.75, 3.05) is 7.11 Å². The van der Waals surface area contributed by atoms with Crippen LogP contribution in [-0.4, -0.2) is 29.0 Å². The van der Waals surface area contributed by atoms with Crippen LogP contribution in [0.4, 0.5) is 0 Å². The van der Waals surface area contributed by atoms with Gasteiger partial charge in [0.2, 0.25) is 0 Å². The Hall–Kier alpha value is -1.16. The SMILES string of the molecule is C=C(C)C(=N)C(=O)O.CO. The summed E-state index contributed by atoms with van der Waals surface area (Å²) >= 11 is 0. The average Bonchev–Trinajstić information content (AvgIpc) is 1.90. The molecular weight excluding hydrogens is 134 g/mol. The van der Waals surface area contributed by atoms with Gasteiger partial charge < -0.3 is 10.2 Å². The van der Waals surface area contributed by atoms with E-state index in [0.29, 0.717) is 0 Å². The number of hydrogen-bond donors (Lipinski definition) is 3. The average molecular weight is 145 g/mol. The van der Waals surface area contributed by atoms with Gasteiger partial charge >= 0.3 is 5.97 Å². The zero-order chi connectivity index (χ0) is 8.73. The highest BCUT2D eigenvalue weighted by Crippen LogP contribution is 1.88. The molecule has 0 spiro atoms. The monoisotopic (exact) mass is 145 g/mol. The molecule has 0 aromatic heterocycles. The van der Waals surface area contributed by atoms with E-state index in [1.54, 1.807) is 0 Å². The standard InChI is InChI=1S/C5H7NO2.CH4O/c1-3(2)4(6)5(7)8;1-2/h6H,1H2,2H3,(H,7,8);2H,1H3. The lowest BCUT2D eigenvalue weighted by atomic mass is 10.2. The fourth-order valence-electron chi connectivity index (χ4n) is 0.183. The second-order valence-corrected chi connectivity index (χ2v) is 1.46. The highest BCUT2D eigenvalue weighted by atomic mass is 16.4. The van der Waals surface area contributed by atoms with E-state index >= 15 is 0 Å².